The molecule has 41 heteroatoms. The first kappa shape index (κ1) is 49.1. The smallest absolute Gasteiger partial charge is 0.345 e. The topological polar surface area (TPSA) is 518 Å². The molecule has 2 heterocycles. The Bertz CT molecular complexity index is 2260. The van der Waals surface area contributed by atoms with Gasteiger partial charge in [-0.3, -0.25) is 36.4 Å². The molecule has 2 saturated heterocycles. The molecule has 33 nitrogen and oxygen atoms in total. The van der Waals surface area contributed by atoms with Crippen molar-refractivity contribution in [3.05, 3.63) is 0 Å². The summed E-state index contributed by atoms with van der Waals surface area (Å²) in [5, 5.41) is 0. The first-order valence-electron chi connectivity index (χ1n) is 12.4. The molecule has 54 heavy (non-hydrogen) atoms. The van der Waals surface area contributed by atoms with E-state index in [0.717, 1.165) is 0 Å². The lowest BCUT2D eigenvalue weighted by molar-refractivity contribution is -0.365. The summed E-state index contributed by atoms with van der Waals surface area (Å²) in [4.78, 5) is 0. The summed E-state index contributed by atoms with van der Waals surface area (Å²) >= 11 is 0. The average Bonchev–Trinajstić information content (AvgIpc) is 3.12. The van der Waals surface area contributed by atoms with Crippen LogP contribution in [0.1, 0.15) is 0 Å². The zero-order valence-corrected chi connectivity index (χ0v) is 31.5. The highest BCUT2D eigenvalue weighted by atomic mass is 32.3. The van der Waals surface area contributed by atoms with Gasteiger partial charge in [0.2, 0.25) is 5.79 Å². The fourth-order valence-electron chi connectivity index (χ4n) is 4.59. The zero-order valence-electron chi connectivity index (χ0n) is 25.0. The Morgan fingerprint density at radius 2 is 0.907 bits per heavy atom. The van der Waals surface area contributed by atoms with Gasteiger partial charge in [-0.15, -0.1) is 0 Å². The summed E-state index contributed by atoms with van der Waals surface area (Å²) in [6, 6.07) is 0. The maximum absolute atomic E-state index is 12.0. The molecule has 322 valence electrons. The number of hydrogen-bond acceptors (Lipinski definition) is 25. The number of ether oxygens (including phenoxy) is 3. The molecule has 0 saturated carbocycles. The fraction of sp³-hybridized carbons (Fsp3) is 1.00. The van der Waals surface area contributed by atoms with Gasteiger partial charge in [0.25, 0.3) is 20.2 Å². The molecule has 2 aliphatic heterocycles. The molecule has 9 atom stereocenters. The quantitative estimate of drug-likeness (QED) is 0.0526. The minimum Gasteiger partial charge on any atom is -0.345 e. The van der Waals surface area contributed by atoms with E-state index in [-0.39, 0.29) is 0 Å². The van der Waals surface area contributed by atoms with Crippen LogP contribution in [0.2, 0.25) is 0 Å². The van der Waals surface area contributed by atoms with Crippen LogP contribution >= 0.6 is 0 Å². The maximum atomic E-state index is 12.0. The minimum atomic E-state index is -6.20. The van der Waals surface area contributed by atoms with E-state index in [2.05, 4.69) is 25.1 Å². The molecule has 0 aromatic heterocycles. The Labute approximate surface area is 303 Å². The molecule has 0 aliphatic carbocycles. The first-order valence-corrected chi connectivity index (χ1v) is 23.9. The van der Waals surface area contributed by atoms with Gasteiger partial charge in [-0.25, -0.2) is 25.1 Å². The third kappa shape index (κ3) is 17.2. The number of hydrogen-bond donors (Lipinski definition) is 8. The second-order valence-corrected chi connectivity index (χ2v) is 19.5. The molecule has 0 unspecified atom stereocenters. The van der Waals surface area contributed by atoms with E-state index in [1.807, 2.05) is 0 Å². The molecule has 8 N–H and O–H groups in total. The summed E-state index contributed by atoms with van der Waals surface area (Å²) in [6.07, 6.45) is -22.0. The molecule has 2 aliphatic rings. The van der Waals surface area contributed by atoms with Crippen molar-refractivity contribution in [2.24, 2.45) is 5.92 Å². The Kier molecular flexibility index (Phi) is 15.1. The van der Waals surface area contributed by atoms with Gasteiger partial charge in [0, 0.05) is 0 Å². The van der Waals surface area contributed by atoms with Crippen molar-refractivity contribution < 1.29 is 143 Å². The van der Waals surface area contributed by atoms with Crippen LogP contribution in [0, 0.1) is 5.92 Å². The standard InChI is InChI=1S/C13H24O33S8/c14-47(15,16)2-5-8(43-51(26,27)28)9(44-52(29,30)31)7(3-48(17,18)19)40-12(5)42-13(4-39-50(23,24)25)11(46-54(35,36)37)10(45-53(32,33)34)6(41-13)1-38-49(20,21)22/h5-12H,1-4H2,(H,14,15,16)(H,17,18,19)(H,20,21,22)(H,23,24,25)(H,26,27,28)(H,29,30,31)(H,32,33,34)(H,35,36,37)/t5-,6+,7-,8-,9+,10+,11-,12+,13-/m0/s1. The third-order valence-corrected chi connectivity index (χ3v) is 10.3. The lowest BCUT2D eigenvalue weighted by Gasteiger charge is -2.46. The highest BCUT2D eigenvalue weighted by Gasteiger charge is 2.65. The highest BCUT2D eigenvalue weighted by Crippen LogP contribution is 2.43. The number of rotatable bonds is 20. The maximum Gasteiger partial charge on any atom is 0.397 e. The first-order chi connectivity index (χ1) is 23.7. The van der Waals surface area contributed by atoms with E-state index in [1.54, 1.807) is 0 Å². The van der Waals surface area contributed by atoms with Gasteiger partial charge in [0.1, 0.15) is 42.9 Å². The molecular weight excluding hydrogens is 941 g/mol. The summed E-state index contributed by atoms with van der Waals surface area (Å²) in [7, 11) is -47.4. The second kappa shape index (κ2) is 16.6. The van der Waals surface area contributed by atoms with E-state index in [1.165, 1.54) is 0 Å². The van der Waals surface area contributed by atoms with Gasteiger partial charge < -0.3 is 14.2 Å². The van der Waals surface area contributed by atoms with Gasteiger partial charge >= 0.3 is 62.4 Å². The van der Waals surface area contributed by atoms with Crippen molar-refractivity contribution in [3.63, 3.8) is 0 Å². The predicted octanol–water partition coefficient (Wildman–Crippen LogP) is -6.39. The van der Waals surface area contributed by atoms with Crippen molar-refractivity contribution >= 4 is 82.6 Å². The summed E-state index contributed by atoms with van der Waals surface area (Å²) < 4.78 is 302. The summed E-state index contributed by atoms with van der Waals surface area (Å²) in [5.41, 5.74) is 0. The van der Waals surface area contributed by atoms with E-state index in [4.69, 9.17) is 18.8 Å². The van der Waals surface area contributed by atoms with Crippen LogP contribution < -0.4 is 0 Å². The SMILES string of the molecule is O=S(=O)(O)C[C@@H]1[C@@H](O[C@]2(COS(=O)(=O)O)O[C@H](COS(=O)(=O)O)[C@@H](OS(=O)(=O)O)[C@@H]2OS(=O)(=O)O)O[C@@H](CS(=O)(=O)O)[C@@H](OS(=O)(=O)O)[C@H]1OS(=O)(=O)O. The molecule has 0 spiro atoms. The van der Waals surface area contributed by atoms with E-state index >= 15 is 0 Å². The monoisotopic (exact) mass is 964 g/mol. The summed E-state index contributed by atoms with van der Waals surface area (Å²) in [6.45, 7) is -4.19. The molecular formula is C13H24O33S8. The van der Waals surface area contributed by atoms with Crippen LogP contribution in [-0.2, 0) is 122 Å². The van der Waals surface area contributed by atoms with Crippen LogP contribution in [-0.4, -0.2) is 177 Å². The van der Waals surface area contributed by atoms with Crippen LogP contribution in [0.3, 0.4) is 0 Å². The lowest BCUT2D eigenvalue weighted by atomic mass is 9.92. The third-order valence-electron chi connectivity index (χ3n) is 6.03. The summed E-state index contributed by atoms with van der Waals surface area (Å²) in [5.74, 6) is -11.3. The molecule has 0 aromatic carbocycles. The Morgan fingerprint density at radius 1 is 0.481 bits per heavy atom. The van der Waals surface area contributed by atoms with Crippen molar-refractivity contribution in [1.29, 1.82) is 0 Å². The van der Waals surface area contributed by atoms with E-state index in [0.29, 0.717) is 0 Å². The Hall–Kier alpha value is -1.08. The van der Waals surface area contributed by atoms with Crippen LogP contribution in [0.5, 0.6) is 0 Å². The van der Waals surface area contributed by atoms with Gasteiger partial charge in [-0.1, -0.05) is 0 Å². The normalized spacial score (nSPS) is 31.0. The molecule has 0 amide bonds. The van der Waals surface area contributed by atoms with Crippen molar-refractivity contribution in [3.8, 4) is 0 Å². The zero-order chi connectivity index (χ0) is 42.3. The molecule has 0 radical (unpaired) electrons. The van der Waals surface area contributed by atoms with Crippen LogP contribution in [0.25, 0.3) is 0 Å². The molecule has 2 rings (SSSR count). The van der Waals surface area contributed by atoms with Crippen LogP contribution in [0.15, 0.2) is 0 Å². The van der Waals surface area contributed by atoms with Crippen molar-refractivity contribution in [2.75, 3.05) is 24.7 Å². The average molecular weight is 965 g/mol. The molecule has 0 aromatic rings. The van der Waals surface area contributed by atoms with Gasteiger partial charge in [-0.2, -0.15) is 67.3 Å². The lowest BCUT2D eigenvalue weighted by Crippen LogP contribution is -2.64. The van der Waals surface area contributed by atoms with Gasteiger partial charge in [0.15, 0.2) is 12.4 Å². The second-order valence-electron chi connectivity index (χ2n) is 10.1. The fourth-order valence-corrected chi connectivity index (χ4v) is 8.79. The van der Waals surface area contributed by atoms with E-state index in [9.17, 15) is 99.2 Å². The molecule has 0 bridgehead atoms. The predicted molar refractivity (Wildman–Crippen MR) is 154 cm³/mol. The van der Waals surface area contributed by atoms with Crippen LogP contribution in [0.4, 0.5) is 0 Å². The Balaban J connectivity index is 3.08. The molecule has 2 fully saturated rings. The minimum absolute atomic E-state index is 1.88. The van der Waals surface area contributed by atoms with Crippen molar-refractivity contribution in [2.45, 2.75) is 48.7 Å². The Morgan fingerprint density at radius 3 is 1.31 bits per heavy atom. The highest BCUT2D eigenvalue weighted by molar-refractivity contribution is 7.86. The largest absolute Gasteiger partial charge is 0.397 e. The van der Waals surface area contributed by atoms with E-state index < -0.39 is 162 Å². The van der Waals surface area contributed by atoms with Crippen molar-refractivity contribution in [1.82, 2.24) is 0 Å². The van der Waals surface area contributed by atoms with Gasteiger partial charge in [-0.05, 0) is 0 Å². The van der Waals surface area contributed by atoms with Gasteiger partial charge in [0.05, 0.1) is 18.3 Å².